The molecule has 2 bridgehead atoms. The molecule has 2 aliphatic carbocycles. The van der Waals surface area contributed by atoms with Crippen molar-refractivity contribution in [1.29, 1.82) is 0 Å². The SMILES string of the molecule is CC1CCN(C(=O)[C@H]2[C@H](C(=O)O)[C@H]3C=C[C@H]2C3)CC1. The first-order valence-electron chi connectivity index (χ1n) is 7.28. The summed E-state index contributed by atoms with van der Waals surface area (Å²) in [5.74, 6) is -0.642. The molecule has 1 saturated heterocycles. The molecular formula is C15H21NO3. The van der Waals surface area contributed by atoms with Crippen LogP contribution in [-0.4, -0.2) is 35.0 Å². The molecule has 2 fully saturated rings. The summed E-state index contributed by atoms with van der Waals surface area (Å²) in [5, 5.41) is 9.39. The molecule has 0 aromatic heterocycles. The van der Waals surface area contributed by atoms with Crippen LogP contribution in [0.4, 0.5) is 0 Å². The highest BCUT2D eigenvalue weighted by Gasteiger charge is 2.52. The smallest absolute Gasteiger partial charge is 0.307 e. The van der Waals surface area contributed by atoms with Crippen LogP contribution in [0.1, 0.15) is 26.2 Å². The summed E-state index contributed by atoms with van der Waals surface area (Å²) in [6, 6.07) is 0. The van der Waals surface area contributed by atoms with E-state index in [-0.39, 0.29) is 23.7 Å². The minimum absolute atomic E-state index is 0.0696. The third-order valence-electron chi connectivity index (χ3n) is 5.12. The molecule has 0 unspecified atom stereocenters. The Morgan fingerprint density at radius 3 is 2.26 bits per heavy atom. The van der Waals surface area contributed by atoms with Gasteiger partial charge >= 0.3 is 5.97 Å². The van der Waals surface area contributed by atoms with Gasteiger partial charge in [-0.3, -0.25) is 9.59 Å². The first-order valence-corrected chi connectivity index (χ1v) is 7.28. The van der Waals surface area contributed by atoms with Crippen LogP contribution in [-0.2, 0) is 9.59 Å². The van der Waals surface area contributed by atoms with Crippen molar-refractivity contribution < 1.29 is 14.7 Å². The number of carbonyl (C=O) groups excluding carboxylic acids is 1. The predicted molar refractivity (Wildman–Crippen MR) is 70.3 cm³/mol. The van der Waals surface area contributed by atoms with Gasteiger partial charge in [-0.15, -0.1) is 0 Å². The summed E-state index contributed by atoms with van der Waals surface area (Å²) >= 11 is 0. The first-order chi connectivity index (χ1) is 9.08. The topological polar surface area (TPSA) is 57.6 Å². The van der Waals surface area contributed by atoms with E-state index >= 15 is 0 Å². The summed E-state index contributed by atoms with van der Waals surface area (Å²) in [7, 11) is 0. The van der Waals surface area contributed by atoms with Gasteiger partial charge in [-0.2, -0.15) is 0 Å². The molecule has 1 N–H and O–H groups in total. The van der Waals surface area contributed by atoms with Crippen molar-refractivity contribution in [3.05, 3.63) is 12.2 Å². The maximum atomic E-state index is 12.6. The second-order valence-corrected chi connectivity index (χ2v) is 6.35. The normalized spacial score (nSPS) is 37.8. The lowest BCUT2D eigenvalue weighted by Gasteiger charge is -2.35. The minimum atomic E-state index is -0.805. The number of carboxylic acid groups (broad SMARTS) is 1. The Kier molecular flexibility index (Phi) is 3.11. The maximum absolute atomic E-state index is 12.6. The van der Waals surface area contributed by atoms with Gasteiger partial charge in [-0.1, -0.05) is 19.1 Å². The Morgan fingerprint density at radius 2 is 1.68 bits per heavy atom. The lowest BCUT2D eigenvalue weighted by atomic mass is 9.81. The monoisotopic (exact) mass is 263 g/mol. The van der Waals surface area contributed by atoms with Gasteiger partial charge in [0.1, 0.15) is 0 Å². The number of carbonyl (C=O) groups is 2. The van der Waals surface area contributed by atoms with Gasteiger partial charge < -0.3 is 10.0 Å². The van der Waals surface area contributed by atoms with Gasteiger partial charge in [0.25, 0.3) is 0 Å². The number of nitrogens with zero attached hydrogens (tertiary/aromatic N) is 1. The van der Waals surface area contributed by atoms with Crippen molar-refractivity contribution in [1.82, 2.24) is 4.90 Å². The van der Waals surface area contributed by atoms with E-state index < -0.39 is 11.9 Å². The van der Waals surface area contributed by atoms with Gasteiger partial charge in [-0.05, 0) is 37.0 Å². The Balaban J connectivity index is 1.75. The Bertz CT molecular complexity index is 423. The van der Waals surface area contributed by atoms with Gasteiger partial charge in [0, 0.05) is 13.1 Å². The molecule has 1 amide bonds. The summed E-state index contributed by atoms with van der Waals surface area (Å²) in [4.78, 5) is 26.0. The van der Waals surface area contributed by atoms with Crippen molar-refractivity contribution in [2.75, 3.05) is 13.1 Å². The van der Waals surface area contributed by atoms with E-state index in [1.165, 1.54) is 0 Å². The van der Waals surface area contributed by atoms with E-state index in [1.54, 1.807) is 0 Å². The highest BCUT2D eigenvalue weighted by molar-refractivity contribution is 5.87. The number of carboxylic acids is 1. The van der Waals surface area contributed by atoms with Crippen LogP contribution in [0.5, 0.6) is 0 Å². The molecule has 19 heavy (non-hydrogen) atoms. The van der Waals surface area contributed by atoms with E-state index in [0.717, 1.165) is 32.4 Å². The van der Waals surface area contributed by atoms with E-state index in [4.69, 9.17) is 0 Å². The number of hydrogen-bond donors (Lipinski definition) is 1. The second kappa shape index (κ2) is 4.66. The Hall–Kier alpha value is -1.32. The van der Waals surface area contributed by atoms with E-state index in [1.807, 2.05) is 11.0 Å². The maximum Gasteiger partial charge on any atom is 0.307 e. The molecule has 0 aromatic carbocycles. The van der Waals surface area contributed by atoms with Gasteiger partial charge in [0.05, 0.1) is 11.8 Å². The Labute approximate surface area is 113 Å². The molecule has 1 heterocycles. The number of rotatable bonds is 2. The number of fused-ring (bicyclic) bond motifs is 2. The number of aliphatic carboxylic acids is 1. The lowest BCUT2D eigenvalue weighted by molar-refractivity contribution is -0.151. The van der Waals surface area contributed by atoms with Crippen molar-refractivity contribution in [3.63, 3.8) is 0 Å². The zero-order chi connectivity index (χ0) is 13.6. The van der Waals surface area contributed by atoms with E-state index in [9.17, 15) is 14.7 Å². The number of allylic oxidation sites excluding steroid dienone is 2. The molecule has 0 aromatic rings. The molecule has 3 rings (SSSR count). The third kappa shape index (κ3) is 2.07. The fourth-order valence-electron chi connectivity index (χ4n) is 3.94. The average molecular weight is 263 g/mol. The summed E-state index contributed by atoms with van der Waals surface area (Å²) < 4.78 is 0. The van der Waals surface area contributed by atoms with Crippen LogP contribution in [0.15, 0.2) is 12.2 Å². The standard InChI is InChI=1S/C15H21NO3/c1-9-4-6-16(7-5-9)14(17)12-10-2-3-11(8-10)13(12)15(18)19/h2-3,9-13H,4-8H2,1H3,(H,18,19)/t10-,11-,12+,13+/m0/s1. The third-order valence-corrected chi connectivity index (χ3v) is 5.12. The van der Waals surface area contributed by atoms with Crippen LogP contribution >= 0.6 is 0 Å². The van der Waals surface area contributed by atoms with E-state index in [2.05, 4.69) is 13.0 Å². The Morgan fingerprint density at radius 1 is 1.11 bits per heavy atom. The van der Waals surface area contributed by atoms with Crippen LogP contribution < -0.4 is 0 Å². The second-order valence-electron chi connectivity index (χ2n) is 6.35. The summed E-state index contributed by atoms with van der Waals surface area (Å²) in [6.07, 6.45) is 6.97. The quantitative estimate of drug-likeness (QED) is 0.772. The van der Waals surface area contributed by atoms with Gasteiger partial charge in [-0.25, -0.2) is 0 Å². The van der Waals surface area contributed by atoms with Crippen LogP contribution in [0.3, 0.4) is 0 Å². The fourth-order valence-corrected chi connectivity index (χ4v) is 3.94. The molecule has 4 heteroatoms. The molecule has 4 nitrogen and oxygen atoms in total. The van der Waals surface area contributed by atoms with Crippen molar-refractivity contribution in [3.8, 4) is 0 Å². The van der Waals surface area contributed by atoms with Crippen LogP contribution in [0.2, 0.25) is 0 Å². The number of likely N-dealkylation sites (tertiary alicyclic amines) is 1. The molecule has 0 radical (unpaired) electrons. The predicted octanol–water partition coefficient (Wildman–Crippen LogP) is 1.77. The number of amides is 1. The highest BCUT2D eigenvalue weighted by atomic mass is 16.4. The fraction of sp³-hybridized carbons (Fsp3) is 0.733. The summed E-state index contributed by atoms with van der Waals surface area (Å²) in [6.45, 7) is 3.80. The van der Waals surface area contributed by atoms with Crippen molar-refractivity contribution in [2.24, 2.45) is 29.6 Å². The molecular weight excluding hydrogens is 242 g/mol. The molecule has 3 aliphatic rings. The molecule has 0 spiro atoms. The van der Waals surface area contributed by atoms with Crippen LogP contribution in [0.25, 0.3) is 0 Å². The van der Waals surface area contributed by atoms with Crippen LogP contribution in [0, 0.1) is 29.6 Å². The molecule has 1 aliphatic heterocycles. The van der Waals surface area contributed by atoms with Crippen molar-refractivity contribution in [2.45, 2.75) is 26.2 Å². The molecule has 1 saturated carbocycles. The zero-order valence-corrected chi connectivity index (χ0v) is 11.3. The average Bonchev–Trinajstić information content (AvgIpc) is 2.98. The minimum Gasteiger partial charge on any atom is -0.481 e. The highest BCUT2D eigenvalue weighted by Crippen LogP contribution is 2.49. The molecule has 104 valence electrons. The van der Waals surface area contributed by atoms with Crippen molar-refractivity contribution >= 4 is 11.9 Å². The first kappa shape index (κ1) is 12.7. The van der Waals surface area contributed by atoms with Gasteiger partial charge in [0.2, 0.25) is 5.91 Å². The van der Waals surface area contributed by atoms with E-state index in [0.29, 0.717) is 5.92 Å². The summed E-state index contributed by atoms with van der Waals surface area (Å²) in [5.41, 5.74) is 0. The molecule has 4 atom stereocenters. The number of hydrogen-bond acceptors (Lipinski definition) is 2. The zero-order valence-electron chi connectivity index (χ0n) is 11.3. The largest absolute Gasteiger partial charge is 0.481 e. The van der Waals surface area contributed by atoms with Gasteiger partial charge in [0.15, 0.2) is 0 Å². The lowest BCUT2D eigenvalue weighted by Crippen LogP contribution is -2.45. The number of piperidine rings is 1.